The quantitative estimate of drug-likeness (QED) is 0.775. The largest absolute Gasteiger partial charge is 0.494 e. The van der Waals surface area contributed by atoms with Gasteiger partial charge in [-0.2, -0.15) is 0 Å². The van der Waals surface area contributed by atoms with E-state index in [1.54, 1.807) is 7.11 Å². The molecular formula is C20H28BN3O3. The third-order valence-electron chi connectivity index (χ3n) is 6.18. The van der Waals surface area contributed by atoms with E-state index in [-0.39, 0.29) is 18.3 Å². The molecule has 144 valence electrons. The lowest BCUT2D eigenvalue weighted by Gasteiger charge is -2.32. The van der Waals surface area contributed by atoms with Gasteiger partial charge in [0.1, 0.15) is 5.82 Å². The summed E-state index contributed by atoms with van der Waals surface area (Å²) < 4.78 is 17.7. The maximum atomic E-state index is 6.15. The van der Waals surface area contributed by atoms with E-state index < -0.39 is 0 Å². The average Bonchev–Trinajstić information content (AvgIpc) is 2.88. The van der Waals surface area contributed by atoms with Crippen molar-refractivity contribution in [2.24, 2.45) is 0 Å². The molecule has 2 aliphatic heterocycles. The van der Waals surface area contributed by atoms with E-state index >= 15 is 0 Å². The van der Waals surface area contributed by atoms with Crippen molar-refractivity contribution in [3.05, 3.63) is 24.4 Å². The van der Waals surface area contributed by atoms with Gasteiger partial charge in [-0.1, -0.05) is 6.07 Å². The van der Waals surface area contributed by atoms with Gasteiger partial charge in [-0.25, -0.2) is 4.98 Å². The monoisotopic (exact) mass is 369 g/mol. The zero-order valence-corrected chi connectivity index (χ0v) is 16.9. The fraction of sp³-hybridized carbons (Fsp3) is 0.600. The van der Waals surface area contributed by atoms with Crippen LogP contribution in [0.4, 0.5) is 5.82 Å². The first-order valence-electron chi connectivity index (χ1n) is 9.69. The van der Waals surface area contributed by atoms with Gasteiger partial charge >= 0.3 is 7.12 Å². The van der Waals surface area contributed by atoms with Gasteiger partial charge in [0.05, 0.1) is 34.5 Å². The normalized spacial score (nSPS) is 22.6. The predicted molar refractivity (Wildman–Crippen MR) is 107 cm³/mol. The lowest BCUT2D eigenvalue weighted by molar-refractivity contribution is 0.00578. The number of hydrogen-bond acceptors (Lipinski definition) is 6. The van der Waals surface area contributed by atoms with Gasteiger partial charge in [-0.3, -0.25) is 4.98 Å². The second-order valence-electron chi connectivity index (χ2n) is 8.49. The number of benzene rings is 1. The summed E-state index contributed by atoms with van der Waals surface area (Å²) in [6.45, 7) is 10.1. The maximum absolute atomic E-state index is 6.15. The summed E-state index contributed by atoms with van der Waals surface area (Å²) in [5.74, 6) is 0.931. The molecule has 0 atom stereocenters. The molecule has 7 heteroatoms. The second-order valence-corrected chi connectivity index (χ2v) is 8.49. The smallest absolute Gasteiger partial charge is 0.399 e. The van der Waals surface area contributed by atoms with Gasteiger partial charge in [0, 0.05) is 20.2 Å². The summed E-state index contributed by atoms with van der Waals surface area (Å²) >= 11 is 0. The van der Waals surface area contributed by atoms with E-state index in [9.17, 15) is 0 Å². The summed E-state index contributed by atoms with van der Waals surface area (Å²) in [5, 5.41) is 0. The molecule has 0 aliphatic carbocycles. The zero-order valence-electron chi connectivity index (χ0n) is 16.9. The Morgan fingerprint density at radius 2 is 1.74 bits per heavy atom. The standard InChI is InChI=1S/C20H28BN3O3/c1-19(2)20(3,4)27-21(26-19)14-6-7-16-17(12-14)22-13-18(23-16)24-10-8-15(25-5)9-11-24/h6-7,12-13,15H,8-11H2,1-5H3. The molecule has 3 heterocycles. The maximum Gasteiger partial charge on any atom is 0.494 e. The molecule has 4 rings (SSSR count). The molecule has 1 aromatic heterocycles. The summed E-state index contributed by atoms with van der Waals surface area (Å²) in [6.07, 6.45) is 4.27. The van der Waals surface area contributed by atoms with Crippen molar-refractivity contribution in [1.82, 2.24) is 9.97 Å². The Hall–Kier alpha value is -1.70. The molecule has 0 unspecified atom stereocenters. The highest BCUT2D eigenvalue weighted by atomic mass is 16.7. The number of anilines is 1. The first kappa shape index (κ1) is 18.7. The van der Waals surface area contributed by atoms with Crippen molar-refractivity contribution < 1.29 is 14.0 Å². The Labute approximate surface area is 161 Å². The molecule has 27 heavy (non-hydrogen) atoms. The van der Waals surface area contributed by atoms with E-state index in [2.05, 4.69) is 37.6 Å². The second kappa shape index (κ2) is 6.72. The van der Waals surface area contributed by atoms with Crippen LogP contribution in [0.15, 0.2) is 24.4 Å². The Bertz CT molecular complexity index is 818. The molecule has 0 saturated carbocycles. The summed E-state index contributed by atoms with van der Waals surface area (Å²) in [4.78, 5) is 11.8. The highest BCUT2D eigenvalue weighted by molar-refractivity contribution is 6.62. The molecule has 1 aromatic carbocycles. The van der Waals surface area contributed by atoms with Gasteiger partial charge in [-0.15, -0.1) is 0 Å². The van der Waals surface area contributed by atoms with Crippen LogP contribution >= 0.6 is 0 Å². The van der Waals surface area contributed by atoms with Crippen LogP contribution in [0.2, 0.25) is 0 Å². The number of hydrogen-bond donors (Lipinski definition) is 0. The summed E-state index contributed by atoms with van der Waals surface area (Å²) in [5.41, 5.74) is 2.02. The number of methoxy groups -OCH3 is 1. The molecule has 0 radical (unpaired) electrons. The Kier molecular flexibility index (Phi) is 4.65. The Morgan fingerprint density at radius 3 is 2.37 bits per heavy atom. The van der Waals surface area contributed by atoms with Crippen LogP contribution < -0.4 is 10.4 Å². The lowest BCUT2D eigenvalue weighted by Crippen LogP contribution is -2.41. The molecule has 0 spiro atoms. The SMILES string of the molecule is COC1CCN(c2cnc3cc(B4OC(C)(C)C(C)(C)O4)ccc3n2)CC1. The van der Waals surface area contributed by atoms with E-state index in [0.29, 0.717) is 6.10 Å². The third kappa shape index (κ3) is 3.44. The van der Waals surface area contributed by atoms with Crippen LogP contribution in [0.25, 0.3) is 11.0 Å². The Morgan fingerprint density at radius 1 is 1.07 bits per heavy atom. The van der Waals surface area contributed by atoms with Gasteiger partial charge in [-0.05, 0) is 58.1 Å². The topological polar surface area (TPSA) is 56.7 Å². The fourth-order valence-corrected chi connectivity index (χ4v) is 3.62. The van der Waals surface area contributed by atoms with Crippen molar-refractivity contribution in [2.45, 2.75) is 57.8 Å². The van der Waals surface area contributed by atoms with Crippen LogP contribution in [-0.2, 0) is 14.0 Å². The van der Waals surface area contributed by atoms with Crippen molar-refractivity contribution in [3.8, 4) is 0 Å². The minimum absolute atomic E-state index is 0.351. The number of fused-ring (bicyclic) bond motifs is 1. The number of nitrogens with zero attached hydrogens (tertiary/aromatic N) is 3. The summed E-state index contributed by atoms with van der Waals surface area (Å²) in [7, 11) is 1.40. The van der Waals surface area contributed by atoms with Crippen molar-refractivity contribution in [2.75, 3.05) is 25.1 Å². The molecule has 2 aliphatic rings. The minimum Gasteiger partial charge on any atom is -0.399 e. The number of piperidine rings is 1. The molecule has 0 N–H and O–H groups in total. The molecule has 2 aromatic rings. The first-order chi connectivity index (χ1) is 12.8. The van der Waals surface area contributed by atoms with E-state index in [0.717, 1.165) is 48.2 Å². The third-order valence-corrected chi connectivity index (χ3v) is 6.18. The van der Waals surface area contributed by atoms with Crippen LogP contribution in [0.3, 0.4) is 0 Å². The molecule has 0 bridgehead atoms. The highest BCUT2D eigenvalue weighted by Crippen LogP contribution is 2.36. The molecule has 0 amide bonds. The van der Waals surface area contributed by atoms with Gasteiger partial charge < -0.3 is 18.9 Å². The van der Waals surface area contributed by atoms with Crippen molar-refractivity contribution in [1.29, 1.82) is 0 Å². The van der Waals surface area contributed by atoms with Crippen LogP contribution in [0, 0.1) is 0 Å². The number of rotatable bonds is 3. The van der Waals surface area contributed by atoms with Crippen LogP contribution in [0.1, 0.15) is 40.5 Å². The Balaban J connectivity index is 1.55. The molecule has 2 fully saturated rings. The zero-order chi connectivity index (χ0) is 19.2. The first-order valence-corrected chi connectivity index (χ1v) is 9.69. The van der Waals surface area contributed by atoms with Crippen LogP contribution in [-0.4, -0.2) is 54.6 Å². The van der Waals surface area contributed by atoms with Gasteiger partial charge in [0.25, 0.3) is 0 Å². The molecular weight excluding hydrogens is 341 g/mol. The van der Waals surface area contributed by atoms with Crippen molar-refractivity contribution >= 4 is 29.4 Å². The van der Waals surface area contributed by atoms with E-state index in [1.807, 2.05) is 24.4 Å². The average molecular weight is 369 g/mol. The van der Waals surface area contributed by atoms with Gasteiger partial charge in [0.15, 0.2) is 0 Å². The summed E-state index contributed by atoms with van der Waals surface area (Å²) in [6, 6.07) is 6.06. The van der Waals surface area contributed by atoms with E-state index in [4.69, 9.17) is 19.0 Å². The lowest BCUT2D eigenvalue weighted by atomic mass is 9.79. The van der Waals surface area contributed by atoms with Gasteiger partial charge in [0.2, 0.25) is 0 Å². The number of aromatic nitrogens is 2. The predicted octanol–water partition coefficient (Wildman–Crippen LogP) is 2.54. The van der Waals surface area contributed by atoms with E-state index in [1.165, 1.54) is 0 Å². The molecule has 2 saturated heterocycles. The van der Waals surface area contributed by atoms with Crippen LogP contribution in [0.5, 0.6) is 0 Å². The highest BCUT2D eigenvalue weighted by Gasteiger charge is 2.51. The fourth-order valence-electron chi connectivity index (χ4n) is 3.62. The molecule has 6 nitrogen and oxygen atoms in total. The minimum atomic E-state index is -0.381. The van der Waals surface area contributed by atoms with Crippen molar-refractivity contribution in [3.63, 3.8) is 0 Å². The number of ether oxygens (including phenoxy) is 1.